The Kier molecular flexibility index (Phi) is 1.09. The Hall–Kier alpha value is -0.240. The van der Waals surface area contributed by atoms with Crippen LogP contribution in [0.2, 0.25) is 0 Å². The minimum Gasteiger partial charge on any atom is -0.480 e. The van der Waals surface area contributed by atoms with Crippen LogP contribution in [0.4, 0.5) is 0 Å². The normalized spacial score (nSPS) is 38.1. The molecule has 3 heteroatoms. The summed E-state index contributed by atoms with van der Waals surface area (Å²) in [6, 6.07) is 0. The number of carboxylic acid groups (broad SMARTS) is 1. The van der Waals surface area contributed by atoms with E-state index in [2.05, 4.69) is 0 Å². The molecule has 2 nitrogen and oxygen atoms in total. The quantitative estimate of drug-likeness (QED) is 0.572. The molecule has 9 heavy (non-hydrogen) atoms. The van der Waals surface area contributed by atoms with Gasteiger partial charge in [-0.3, -0.25) is 4.79 Å². The van der Waals surface area contributed by atoms with Crippen LogP contribution >= 0.6 is 11.6 Å². The predicted octanol–water partition coefficient (Wildman–Crippen LogP) is 1.48. The van der Waals surface area contributed by atoms with Gasteiger partial charge in [-0.25, -0.2) is 0 Å². The number of alkyl halides is 1. The summed E-state index contributed by atoms with van der Waals surface area (Å²) in [5.41, 5.74) is -0.208. The molecule has 0 amide bonds. The van der Waals surface area contributed by atoms with Gasteiger partial charge in [0, 0.05) is 0 Å². The lowest BCUT2D eigenvalue weighted by Crippen LogP contribution is -2.20. The molecule has 1 fully saturated rings. The number of hydrogen-bond acceptors (Lipinski definition) is 1. The van der Waals surface area contributed by atoms with Crippen LogP contribution in [0.1, 0.15) is 20.3 Å². The molecule has 0 heterocycles. The van der Waals surface area contributed by atoms with E-state index in [9.17, 15) is 4.79 Å². The zero-order valence-corrected chi connectivity index (χ0v) is 6.20. The predicted molar refractivity (Wildman–Crippen MR) is 34.6 cm³/mol. The van der Waals surface area contributed by atoms with E-state index < -0.39 is 10.8 Å². The highest BCUT2D eigenvalue weighted by atomic mass is 35.5. The minimum atomic E-state index is -0.965. The highest BCUT2D eigenvalue weighted by Crippen LogP contribution is 2.60. The maximum Gasteiger partial charge on any atom is 0.325 e. The van der Waals surface area contributed by atoms with Gasteiger partial charge in [-0.1, -0.05) is 13.8 Å². The lowest BCUT2D eigenvalue weighted by Gasteiger charge is -2.04. The standard InChI is InChI=1S/C6H9ClO2/c1-5(2)3-6(5,7)4(8)9/h3H2,1-2H3,(H,8,9)/t6-/m0/s1. The van der Waals surface area contributed by atoms with Crippen molar-refractivity contribution in [2.24, 2.45) is 5.41 Å². The summed E-state index contributed by atoms with van der Waals surface area (Å²) in [6.45, 7) is 3.71. The molecule has 0 aromatic carbocycles. The molecule has 0 aromatic heterocycles. The van der Waals surface area contributed by atoms with Crippen LogP contribution in [0, 0.1) is 5.41 Å². The first-order valence-corrected chi connectivity index (χ1v) is 3.20. The monoisotopic (exact) mass is 148 g/mol. The fourth-order valence-corrected chi connectivity index (χ4v) is 1.26. The van der Waals surface area contributed by atoms with Gasteiger partial charge < -0.3 is 5.11 Å². The van der Waals surface area contributed by atoms with E-state index in [1.165, 1.54) is 0 Å². The summed E-state index contributed by atoms with van der Waals surface area (Å²) >= 11 is 5.67. The summed E-state index contributed by atoms with van der Waals surface area (Å²) in [4.78, 5) is 9.40. The van der Waals surface area contributed by atoms with Gasteiger partial charge in [0.2, 0.25) is 0 Å². The third kappa shape index (κ3) is 0.732. The minimum absolute atomic E-state index is 0.208. The summed E-state index contributed by atoms with van der Waals surface area (Å²) in [5, 5.41) is 8.52. The summed E-state index contributed by atoms with van der Waals surface area (Å²) in [7, 11) is 0. The fraction of sp³-hybridized carbons (Fsp3) is 0.833. The molecule has 0 unspecified atom stereocenters. The smallest absolute Gasteiger partial charge is 0.325 e. The van der Waals surface area contributed by atoms with Crippen LogP contribution in [0.15, 0.2) is 0 Å². The highest BCUT2D eigenvalue weighted by molar-refractivity contribution is 6.37. The SMILES string of the molecule is CC1(C)C[C@]1(Cl)C(=O)O. The summed E-state index contributed by atoms with van der Waals surface area (Å²) in [6.07, 6.45) is 0.580. The molecule has 1 aliphatic rings. The van der Waals surface area contributed by atoms with Crippen molar-refractivity contribution in [3.8, 4) is 0 Å². The fourth-order valence-electron chi connectivity index (χ4n) is 0.930. The van der Waals surface area contributed by atoms with Crippen molar-refractivity contribution in [3.05, 3.63) is 0 Å². The van der Waals surface area contributed by atoms with E-state index >= 15 is 0 Å². The molecule has 0 spiro atoms. The molecule has 1 rings (SSSR count). The average molecular weight is 149 g/mol. The Morgan fingerprint density at radius 1 is 1.67 bits per heavy atom. The lowest BCUT2D eigenvalue weighted by atomic mass is 10.1. The first-order chi connectivity index (χ1) is 3.90. The van der Waals surface area contributed by atoms with Gasteiger partial charge in [0.25, 0.3) is 0 Å². The Labute approximate surface area is 58.8 Å². The lowest BCUT2D eigenvalue weighted by molar-refractivity contribution is -0.138. The molecule has 0 radical (unpaired) electrons. The third-order valence-corrected chi connectivity index (χ3v) is 2.78. The van der Waals surface area contributed by atoms with Crippen molar-refractivity contribution in [1.82, 2.24) is 0 Å². The van der Waals surface area contributed by atoms with Gasteiger partial charge in [-0.15, -0.1) is 11.6 Å². The van der Waals surface area contributed by atoms with E-state index in [0.717, 1.165) is 0 Å². The van der Waals surface area contributed by atoms with Crippen LogP contribution in [-0.4, -0.2) is 16.0 Å². The Morgan fingerprint density at radius 2 is 2.00 bits per heavy atom. The molecule has 0 aliphatic heterocycles. The van der Waals surface area contributed by atoms with Crippen LogP contribution in [-0.2, 0) is 4.79 Å². The Bertz CT molecular complexity index is 164. The summed E-state index contributed by atoms with van der Waals surface area (Å²) < 4.78 is 0. The molecule has 0 bridgehead atoms. The van der Waals surface area contributed by atoms with E-state index in [-0.39, 0.29) is 5.41 Å². The maximum atomic E-state index is 10.4. The maximum absolute atomic E-state index is 10.4. The van der Waals surface area contributed by atoms with Crippen molar-refractivity contribution < 1.29 is 9.90 Å². The number of aliphatic carboxylic acids is 1. The molecule has 0 saturated heterocycles. The van der Waals surface area contributed by atoms with Gasteiger partial charge in [0.15, 0.2) is 0 Å². The molecule has 1 aliphatic carbocycles. The highest BCUT2D eigenvalue weighted by Gasteiger charge is 2.66. The van der Waals surface area contributed by atoms with Gasteiger partial charge in [-0.05, 0) is 11.8 Å². The number of carboxylic acids is 1. The average Bonchev–Trinajstić information content (AvgIpc) is 2.08. The number of rotatable bonds is 1. The topological polar surface area (TPSA) is 37.3 Å². The van der Waals surface area contributed by atoms with Crippen molar-refractivity contribution in [3.63, 3.8) is 0 Å². The number of halogens is 1. The van der Waals surface area contributed by atoms with Crippen LogP contribution in [0.25, 0.3) is 0 Å². The van der Waals surface area contributed by atoms with Crippen molar-refractivity contribution in [1.29, 1.82) is 0 Å². The molecule has 52 valence electrons. The first kappa shape index (κ1) is 6.87. The van der Waals surface area contributed by atoms with Gasteiger partial charge in [0.05, 0.1) is 0 Å². The van der Waals surface area contributed by atoms with Crippen LogP contribution in [0.3, 0.4) is 0 Å². The zero-order valence-electron chi connectivity index (χ0n) is 5.44. The number of carbonyl (C=O) groups is 1. The van der Waals surface area contributed by atoms with Gasteiger partial charge >= 0.3 is 5.97 Å². The van der Waals surface area contributed by atoms with Gasteiger partial charge in [0.1, 0.15) is 4.87 Å². The van der Waals surface area contributed by atoms with E-state index in [1.807, 2.05) is 13.8 Å². The largest absolute Gasteiger partial charge is 0.480 e. The molecule has 1 atom stereocenters. The van der Waals surface area contributed by atoms with Crippen LogP contribution < -0.4 is 0 Å². The van der Waals surface area contributed by atoms with Gasteiger partial charge in [-0.2, -0.15) is 0 Å². The first-order valence-electron chi connectivity index (χ1n) is 2.82. The number of hydrogen-bond donors (Lipinski definition) is 1. The molecule has 1 N–H and O–H groups in total. The van der Waals surface area contributed by atoms with Crippen molar-refractivity contribution in [2.45, 2.75) is 25.1 Å². The zero-order chi connectivity index (χ0) is 7.28. The van der Waals surface area contributed by atoms with E-state index in [1.54, 1.807) is 0 Å². The summed E-state index contributed by atoms with van der Waals surface area (Å²) in [5.74, 6) is -0.894. The Balaban J connectivity index is 2.74. The Morgan fingerprint density at radius 3 is 2.00 bits per heavy atom. The second kappa shape index (κ2) is 1.43. The van der Waals surface area contributed by atoms with Crippen molar-refractivity contribution >= 4 is 17.6 Å². The second-order valence-electron chi connectivity index (χ2n) is 3.17. The van der Waals surface area contributed by atoms with E-state index in [4.69, 9.17) is 16.7 Å². The van der Waals surface area contributed by atoms with E-state index in [0.29, 0.717) is 6.42 Å². The van der Waals surface area contributed by atoms with Crippen LogP contribution in [0.5, 0.6) is 0 Å². The third-order valence-electron chi connectivity index (χ3n) is 1.97. The van der Waals surface area contributed by atoms with Crippen molar-refractivity contribution in [2.75, 3.05) is 0 Å². The molecular formula is C6H9ClO2. The molecule has 0 aromatic rings. The second-order valence-corrected chi connectivity index (χ2v) is 3.81. The molecule has 1 saturated carbocycles. The molecular weight excluding hydrogens is 140 g/mol.